The minimum absolute atomic E-state index is 0.100. The minimum Gasteiger partial charge on any atom is -0.445 e. The van der Waals surface area contributed by atoms with Crippen LogP contribution in [0.3, 0.4) is 0 Å². The molecule has 0 spiro atoms. The highest BCUT2D eigenvalue weighted by atomic mass is 16.5. The lowest BCUT2D eigenvalue weighted by Gasteiger charge is -2.10. The van der Waals surface area contributed by atoms with Gasteiger partial charge in [-0.25, -0.2) is 4.79 Å². The van der Waals surface area contributed by atoms with Crippen molar-refractivity contribution in [2.24, 2.45) is 0 Å². The Morgan fingerprint density at radius 2 is 1.74 bits per heavy atom. The van der Waals surface area contributed by atoms with Crippen molar-refractivity contribution < 1.29 is 14.3 Å². The predicted octanol–water partition coefficient (Wildman–Crippen LogP) is 3.31. The van der Waals surface area contributed by atoms with Gasteiger partial charge in [0, 0.05) is 0 Å². The second-order valence-electron chi connectivity index (χ2n) is 4.25. The molecule has 0 bridgehead atoms. The molecule has 106 valence electrons. The smallest absolute Gasteiger partial charge is 0.408 e. The Morgan fingerprint density at radius 1 is 1.21 bits per heavy atom. The van der Waals surface area contributed by atoms with Crippen LogP contribution in [0.5, 0.6) is 0 Å². The Labute approximate surface area is 115 Å². The van der Waals surface area contributed by atoms with Crippen LogP contribution in [-0.2, 0) is 16.1 Å². The number of Topliss-reactive ketones (excluding diaryl/α,β-unsaturated/α-hetero) is 1. The first-order valence-electron chi connectivity index (χ1n) is 6.48. The monoisotopic (exact) mass is 265 g/mol. The van der Waals surface area contributed by atoms with Gasteiger partial charge in [0.05, 0.1) is 6.04 Å². The lowest BCUT2D eigenvalue weighted by Crippen LogP contribution is -2.37. The number of alkyl carbamates (subject to hydrolysis) is 1. The molecule has 1 rings (SSSR count). The molecule has 0 aliphatic carbocycles. The summed E-state index contributed by atoms with van der Waals surface area (Å²) in [5.74, 6) is -0.100. The lowest BCUT2D eigenvalue weighted by molar-refractivity contribution is -0.118. The molecule has 0 aliphatic rings. The van der Waals surface area contributed by atoms with Crippen LogP contribution in [0.25, 0.3) is 0 Å². The number of carbonyl (C=O) groups excluding carboxylic acids is 2. The van der Waals surface area contributed by atoms with Crippen LogP contribution >= 0.6 is 0 Å². The average molecular weight is 265 g/mol. The predicted molar refractivity (Wildman–Crippen MR) is 75.9 cm³/mol. The summed E-state index contributed by atoms with van der Waals surface area (Å²) in [6, 6.07) is 8.84. The van der Waals surface area contributed by atoms with E-state index < -0.39 is 12.1 Å². The summed E-state index contributed by atoms with van der Waals surface area (Å²) in [5, 5.41) is 2.44. The van der Waals surface area contributed by atoms with Crippen LogP contribution in [0.1, 0.15) is 39.7 Å². The third kappa shape index (κ3) is 8.83. The lowest BCUT2D eigenvalue weighted by atomic mass is 10.2. The van der Waals surface area contributed by atoms with E-state index in [1.807, 2.05) is 30.3 Å². The SMILES string of the molecule is CC(=O)[C@H](C)NC(=O)OCc1ccccc1.CCC. The van der Waals surface area contributed by atoms with Crippen molar-refractivity contribution in [3.63, 3.8) is 0 Å². The zero-order valence-electron chi connectivity index (χ0n) is 12.1. The summed E-state index contributed by atoms with van der Waals surface area (Å²) in [6.45, 7) is 7.49. The Bertz CT molecular complexity index is 376. The van der Waals surface area contributed by atoms with Crippen LogP contribution in [0.2, 0.25) is 0 Å². The maximum absolute atomic E-state index is 11.2. The molecule has 0 heterocycles. The maximum atomic E-state index is 11.2. The van der Waals surface area contributed by atoms with E-state index >= 15 is 0 Å². The molecule has 0 aliphatic heterocycles. The standard InChI is InChI=1S/C12H15NO3.C3H8/c1-9(10(2)14)13-12(15)16-8-11-6-4-3-5-7-11;1-3-2/h3-7,9H,8H2,1-2H3,(H,13,15);3H2,1-2H3/t9-;/m0./s1. The number of rotatable bonds is 4. The minimum atomic E-state index is -0.577. The van der Waals surface area contributed by atoms with Crippen molar-refractivity contribution in [2.75, 3.05) is 0 Å². The van der Waals surface area contributed by atoms with E-state index in [-0.39, 0.29) is 12.4 Å². The van der Waals surface area contributed by atoms with Gasteiger partial charge in [-0.15, -0.1) is 0 Å². The first-order valence-corrected chi connectivity index (χ1v) is 6.48. The van der Waals surface area contributed by atoms with Crippen LogP contribution in [0.4, 0.5) is 4.79 Å². The molecule has 0 saturated carbocycles. The molecule has 1 aromatic carbocycles. The van der Waals surface area contributed by atoms with E-state index in [1.54, 1.807) is 6.92 Å². The van der Waals surface area contributed by atoms with Crippen LogP contribution in [-0.4, -0.2) is 17.9 Å². The molecule has 4 heteroatoms. The largest absolute Gasteiger partial charge is 0.445 e. The number of ether oxygens (including phenoxy) is 1. The fourth-order valence-corrected chi connectivity index (χ4v) is 1.04. The first-order chi connectivity index (χ1) is 9.01. The fourth-order valence-electron chi connectivity index (χ4n) is 1.04. The van der Waals surface area contributed by atoms with Gasteiger partial charge in [-0.2, -0.15) is 0 Å². The second kappa shape index (κ2) is 10.1. The number of amides is 1. The van der Waals surface area contributed by atoms with Crippen molar-refractivity contribution in [1.82, 2.24) is 5.32 Å². The van der Waals surface area contributed by atoms with Gasteiger partial charge in [-0.05, 0) is 19.4 Å². The van der Waals surface area contributed by atoms with E-state index in [9.17, 15) is 9.59 Å². The van der Waals surface area contributed by atoms with E-state index in [0.29, 0.717) is 0 Å². The topological polar surface area (TPSA) is 55.4 Å². The molecule has 1 amide bonds. The van der Waals surface area contributed by atoms with Crippen LogP contribution in [0, 0.1) is 0 Å². The molecule has 0 unspecified atom stereocenters. The Balaban J connectivity index is 0.000000982. The third-order valence-corrected chi connectivity index (χ3v) is 2.16. The second-order valence-corrected chi connectivity index (χ2v) is 4.25. The first kappa shape index (κ1) is 17.2. The van der Waals surface area contributed by atoms with Crippen molar-refractivity contribution in [1.29, 1.82) is 0 Å². The summed E-state index contributed by atoms with van der Waals surface area (Å²) in [4.78, 5) is 22.1. The average Bonchev–Trinajstić information content (AvgIpc) is 2.38. The zero-order valence-corrected chi connectivity index (χ0v) is 12.1. The van der Waals surface area contributed by atoms with Gasteiger partial charge < -0.3 is 10.1 Å². The van der Waals surface area contributed by atoms with Gasteiger partial charge in [0.1, 0.15) is 6.61 Å². The summed E-state index contributed by atoms with van der Waals surface area (Å²) in [5.41, 5.74) is 0.910. The summed E-state index contributed by atoms with van der Waals surface area (Å²) in [6.07, 6.45) is 0.673. The molecule has 4 nitrogen and oxygen atoms in total. The molecule has 0 aromatic heterocycles. The van der Waals surface area contributed by atoms with Crippen LogP contribution < -0.4 is 5.32 Å². The van der Waals surface area contributed by atoms with E-state index in [1.165, 1.54) is 13.3 Å². The molecule has 19 heavy (non-hydrogen) atoms. The highest BCUT2D eigenvalue weighted by Gasteiger charge is 2.11. The summed E-state index contributed by atoms with van der Waals surface area (Å²) in [7, 11) is 0. The molecule has 0 saturated heterocycles. The molecular weight excluding hydrogens is 242 g/mol. The van der Waals surface area contributed by atoms with Crippen LogP contribution in [0.15, 0.2) is 30.3 Å². The van der Waals surface area contributed by atoms with Gasteiger partial charge in [-0.3, -0.25) is 4.79 Å². The Morgan fingerprint density at radius 3 is 2.21 bits per heavy atom. The normalized spacial score (nSPS) is 10.7. The number of benzene rings is 1. The van der Waals surface area contributed by atoms with Gasteiger partial charge in [0.15, 0.2) is 5.78 Å². The molecule has 0 fully saturated rings. The molecular formula is C15H23NO3. The number of nitrogens with one attached hydrogen (secondary N) is 1. The highest BCUT2D eigenvalue weighted by Crippen LogP contribution is 2.00. The third-order valence-electron chi connectivity index (χ3n) is 2.16. The number of carbonyl (C=O) groups is 2. The quantitative estimate of drug-likeness (QED) is 0.908. The molecule has 0 radical (unpaired) electrons. The van der Waals surface area contributed by atoms with Crippen molar-refractivity contribution in [3.05, 3.63) is 35.9 Å². The van der Waals surface area contributed by atoms with E-state index in [0.717, 1.165) is 5.56 Å². The van der Waals surface area contributed by atoms with Gasteiger partial charge in [0.25, 0.3) is 0 Å². The van der Waals surface area contributed by atoms with Gasteiger partial charge in [0.2, 0.25) is 0 Å². The van der Waals surface area contributed by atoms with Crippen molar-refractivity contribution in [3.8, 4) is 0 Å². The molecule has 1 aromatic rings. The van der Waals surface area contributed by atoms with Crippen molar-refractivity contribution in [2.45, 2.75) is 46.8 Å². The number of hydrogen-bond donors (Lipinski definition) is 1. The fraction of sp³-hybridized carbons (Fsp3) is 0.467. The molecule has 1 N–H and O–H groups in total. The van der Waals surface area contributed by atoms with E-state index in [2.05, 4.69) is 19.2 Å². The van der Waals surface area contributed by atoms with E-state index in [4.69, 9.17) is 4.74 Å². The van der Waals surface area contributed by atoms with Gasteiger partial charge >= 0.3 is 6.09 Å². The number of hydrogen-bond acceptors (Lipinski definition) is 3. The Kier molecular flexibility index (Phi) is 9.14. The molecule has 1 atom stereocenters. The summed E-state index contributed by atoms with van der Waals surface area (Å²) >= 11 is 0. The maximum Gasteiger partial charge on any atom is 0.408 e. The Hall–Kier alpha value is -1.84. The van der Waals surface area contributed by atoms with Crippen molar-refractivity contribution >= 4 is 11.9 Å². The number of ketones is 1. The van der Waals surface area contributed by atoms with Gasteiger partial charge in [-0.1, -0.05) is 50.6 Å². The highest BCUT2D eigenvalue weighted by molar-refractivity contribution is 5.84. The summed E-state index contributed by atoms with van der Waals surface area (Å²) < 4.78 is 4.95. The zero-order chi connectivity index (χ0) is 14.7.